The summed E-state index contributed by atoms with van der Waals surface area (Å²) in [5.74, 6) is -0.181. The van der Waals surface area contributed by atoms with E-state index < -0.39 is 0 Å². The zero-order valence-corrected chi connectivity index (χ0v) is 15.9. The Hall–Kier alpha value is -2.21. The first-order valence-corrected chi connectivity index (χ1v) is 9.66. The molecular formula is C20H20BrN3O2. The van der Waals surface area contributed by atoms with Crippen molar-refractivity contribution < 1.29 is 9.59 Å². The third-order valence-corrected chi connectivity index (χ3v) is 5.43. The Kier molecular flexibility index (Phi) is 4.76. The summed E-state index contributed by atoms with van der Waals surface area (Å²) >= 11 is 3.44. The maximum Gasteiger partial charge on any atom is 0.228 e. The maximum absolute atomic E-state index is 13.1. The van der Waals surface area contributed by atoms with Crippen LogP contribution in [0.5, 0.6) is 0 Å². The molecule has 0 N–H and O–H groups in total. The second-order valence-corrected chi connectivity index (χ2v) is 7.86. The van der Waals surface area contributed by atoms with E-state index in [2.05, 4.69) is 20.9 Å². The van der Waals surface area contributed by atoms with E-state index in [-0.39, 0.29) is 24.2 Å². The average molecular weight is 414 g/mol. The number of hydrogen-bond donors (Lipinski definition) is 0. The minimum atomic E-state index is -0.279. The number of carbonyl (C=O) groups excluding carboxylic acids is 2. The van der Waals surface area contributed by atoms with Gasteiger partial charge in [-0.3, -0.25) is 14.6 Å². The van der Waals surface area contributed by atoms with Crippen molar-refractivity contribution in [2.45, 2.75) is 31.8 Å². The van der Waals surface area contributed by atoms with E-state index in [0.717, 1.165) is 28.6 Å². The van der Waals surface area contributed by atoms with Gasteiger partial charge < -0.3 is 9.80 Å². The third kappa shape index (κ3) is 3.65. The van der Waals surface area contributed by atoms with Crippen molar-refractivity contribution >= 4 is 33.4 Å². The number of benzene rings is 1. The van der Waals surface area contributed by atoms with Crippen LogP contribution in [0.25, 0.3) is 0 Å². The lowest BCUT2D eigenvalue weighted by Crippen LogP contribution is -2.38. The highest BCUT2D eigenvalue weighted by Gasteiger charge is 2.41. The molecule has 1 aliphatic heterocycles. The molecule has 1 saturated heterocycles. The second kappa shape index (κ2) is 7.19. The van der Waals surface area contributed by atoms with Gasteiger partial charge in [-0.15, -0.1) is 0 Å². The van der Waals surface area contributed by atoms with Crippen LogP contribution in [-0.2, 0) is 16.1 Å². The van der Waals surface area contributed by atoms with Crippen molar-refractivity contribution in [3.8, 4) is 0 Å². The van der Waals surface area contributed by atoms with Gasteiger partial charge in [0.2, 0.25) is 11.8 Å². The van der Waals surface area contributed by atoms with Gasteiger partial charge in [-0.25, -0.2) is 0 Å². The molecule has 0 bridgehead atoms. The van der Waals surface area contributed by atoms with Crippen molar-refractivity contribution in [2.75, 3.05) is 11.4 Å². The van der Waals surface area contributed by atoms with Crippen LogP contribution in [0.1, 0.15) is 24.8 Å². The minimum absolute atomic E-state index is 0.0126. The number of carbonyl (C=O) groups is 2. The lowest BCUT2D eigenvalue weighted by Gasteiger charge is -2.25. The van der Waals surface area contributed by atoms with Crippen molar-refractivity contribution in [3.05, 3.63) is 58.8 Å². The molecule has 0 radical (unpaired) electrons. The van der Waals surface area contributed by atoms with Crippen LogP contribution in [0, 0.1) is 5.92 Å². The number of amides is 2. The largest absolute Gasteiger partial charge is 0.335 e. The van der Waals surface area contributed by atoms with Crippen molar-refractivity contribution in [1.29, 1.82) is 0 Å². The van der Waals surface area contributed by atoms with Crippen molar-refractivity contribution in [1.82, 2.24) is 9.88 Å². The Morgan fingerprint density at radius 3 is 2.81 bits per heavy atom. The molecule has 2 amide bonds. The van der Waals surface area contributed by atoms with Gasteiger partial charge in [0, 0.05) is 48.1 Å². The molecule has 0 spiro atoms. The topological polar surface area (TPSA) is 53.5 Å². The molecule has 134 valence electrons. The van der Waals surface area contributed by atoms with Gasteiger partial charge >= 0.3 is 0 Å². The first-order chi connectivity index (χ1) is 12.6. The number of aromatic nitrogens is 1. The van der Waals surface area contributed by atoms with Crippen LogP contribution in [0.2, 0.25) is 0 Å². The molecule has 6 heteroatoms. The maximum atomic E-state index is 13.1. The second-order valence-electron chi connectivity index (χ2n) is 6.94. The quantitative estimate of drug-likeness (QED) is 0.754. The lowest BCUT2D eigenvalue weighted by atomic mass is 10.1. The van der Waals surface area contributed by atoms with Gasteiger partial charge in [0.05, 0.1) is 5.92 Å². The van der Waals surface area contributed by atoms with Crippen molar-refractivity contribution in [3.63, 3.8) is 0 Å². The predicted molar refractivity (Wildman–Crippen MR) is 102 cm³/mol. The molecule has 2 aliphatic rings. The zero-order valence-electron chi connectivity index (χ0n) is 14.3. The highest BCUT2D eigenvalue weighted by atomic mass is 79.9. The summed E-state index contributed by atoms with van der Waals surface area (Å²) in [6.45, 7) is 1.02. The van der Waals surface area contributed by atoms with Crippen molar-refractivity contribution in [2.24, 2.45) is 5.92 Å². The van der Waals surface area contributed by atoms with Crippen LogP contribution in [-0.4, -0.2) is 34.3 Å². The molecule has 26 heavy (non-hydrogen) atoms. The SMILES string of the molecule is O=C1CC(C(=O)N(Cc2cccnc2)C2CC2)CN1c1cccc(Br)c1. The van der Waals surface area contributed by atoms with E-state index in [1.54, 1.807) is 17.3 Å². The summed E-state index contributed by atoms with van der Waals surface area (Å²) < 4.78 is 0.925. The molecular weight excluding hydrogens is 394 g/mol. The molecule has 1 aliphatic carbocycles. The number of hydrogen-bond acceptors (Lipinski definition) is 3. The summed E-state index contributed by atoms with van der Waals surface area (Å²) in [5, 5.41) is 0. The Labute approximate surface area is 161 Å². The molecule has 1 aromatic heterocycles. The Bertz CT molecular complexity index is 823. The van der Waals surface area contributed by atoms with Crippen LogP contribution in [0.3, 0.4) is 0 Å². The molecule has 1 saturated carbocycles. The molecule has 1 aromatic carbocycles. The fourth-order valence-corrected chi connectivity index (χ4v) is 3.85. The Morgan fingerprint density at radius 2 is 2.12 bits per heavy atom. The predicted octanol–water partition coefficient (Wildman–Crippen LogP) is 3.39. The number of anilines is 1. The monoisotopic (exact) mass is 413 g/mol. The number of halogens is 1. The highest BCUT2D eigenvalue weighted by molar-refractivity contribution is 9.10. The van der Waals surface area contributed by atoms with E-state index in [9.17, 15) is 9.59 Å². The van der Waals surface area contributed by atoms with Gasteiger partial charge in [-0.05, 0) is 42.7 Å². The fourth-order valence-electron chi connectivity index (χ4n) is 3.46. The molecule has 1 unspecified atom stereocenters. The zero-order chi connectivity index (χ0) is 18.1. The van der Waals surface area contributed by atoms with Crippen LogP contribution >= 0.6 is 15.9 Å². The molecule has 2 heterocycles. The summed E-state index contributed by atoms with van der Waals surface area (Å²) in [5.41, 5.74) is 1.87. The lowest BCUT2D eigenvalue weighted by molar-refractivity contribution is -0.137. The van der Waals surface area contributed by atoms with Crippen LogP contribution in [0.15, 0.2) is 53.3 Å². The number of pyridine rings is 1. The van der Waals surface area contributed by atoms with Gasteiger partial charge in [0.25, 0.3) is 0 Å². The van der Waals surface area contributed by atoms with Gasteiger partial charge in [0.15, 0.2) is 0 Å². The molecule has 4 rings (SSSR count). The number of rotatable bonds is 5. The first kappa shape index (κ1) is 17.2. The molecule has 1 atom stereocenters. The Morgan fingerprint density at radius 1 is 1.27 bits per heavy atom. The molecule has 2 fully saturated rings. The van der Waals surface area contributed by atoms with Gasteiger partial charge in [-0.1, -0.05) is 28.1 Å². The summed E-state index contributed by atoms with van der Waals surface area (Å²) in [6.07, 6.45) is 5.90. The normalized spacial score (nSPS) is 19.7. The fraction of sp³-hybridized carbons (Fsp3) is 0.350. The first-order valence-electron chi connectivity index (χ1n) is 8.87. The third-order valence-electron chi connectivity index (χ3n) is 4.94. The van der Waals surface area contributed by atoms with Gasteiger partial charge in [-0.2, -0.15) is 0 Å². The van der Waals surface area contributed by atoms with Crippen LogP contribution < -0.4 is 4.90 Å². The molecule has 5 nitrogen and oxygen atoms in total. The Balaban J connectivity index is 1.49. The highest BCUT2D eigenvalue weighted by Crippen LogP contribution is 2.33. The molecule has 2 aromatic rings. The standard InChI is InChI=1S/C20H20BrN3O2/c21-16-4-1-5-18(10-16)23-13-15(9-19(23)25)20(26)24(17-6-7-17)12-14-3-2-8-22-11-14/h1-5,8,10-11,15,17H,6-7,9,12-13H2. The van der Waals surface area contributed by atoms with Gasteiger partial charge in [0.1, 0.15) is 0 Å². The van der Waals surface area contributed by atoms with E-state index in [1.165, 1.54) is 0 Å². The van der Waals surface area contributed by atoms with E-state index in [4.69, 9.17) is 0 Å². The van der Waals surface area contributed by atoms with Crippen LogP contribution in [0.4, 0.5) is 5.69 Å². The van der Waals surface area contributed by atoms with E-state index >= 15 is 0 Å². The van der Waals surface area contributed by atoms with E-state index in [1.807, 2.05) is 41.3 Å². The summed E-state index contributed by atoms with van der Waals surface area (Å²) in [7, 11) is 0. The average Bonchev–Trinajstić information content (AvgIpc) is 3.41. The van der Waals surface area contributed by atoms with E-state index in [0.29, 0.717) is 19.1 Å². The summed E-state index contributed by atoms with van der Waals surface area (Å²) in [4.78, 5) is 33.4. The number of nitrogens with zero attached hydrogens (tertiary/aromatic N) is 3. The minimum Gasteiger partial charge on any atom is -0.335 e. The summed E-state index contributed by atoms with van der Waals surface area (Å²) in [6, 6.07) is 11.8. The smallest absolute Gasteiger partial charge is 0.228 e.